The molecule has 0 spiro atoms. The molecule has 1 unspecified atom stereocenters. The van der Waals surface area contributed by atoms with Crippen LogP contribution in [0, 0.1) is 0 Å². The van der Waals surface area contributed by atoms with Gasteiger partial charge in [-0.05, 0) is 24.3 Å². The lowest BCUT2D eigenvalue weighted by atomic mass is 9.81. The van der Waals surface area contributed by atoms with E-state index in [2.05, 4.69) is 4.74 Å². The molecule has 0 amide bonds. The van der Waals surface area contributed by atoms with E-state index in [1.54, 1.807) is 19.9 Å². The minimum Gasteiger partial charge on any atom is -0.478 e. The van der Waals surface area contributed by atoms with Crippen molar-refractivity contribution in [3.05, 3.63) is 47.5 Å². The van der Waals surface area contributed by atoms with Gasteiger partial charge < -0.3 is 19.3 Å². The number of rotatable bonds is 5. The number of alkyl halides is 5. The summed E-state index contributed by atoms with van der Waals surface area (Å²) >= 11 is 0. The third-order valence-electron chi connectivity index (χ3n) is 4.49. The number of carbonyl (C=O) groups is 1. The van der Waals surface area contributed by atoms with E-state index in [4.69, 9.17) is 9.47 Å². The molecule has 2 aromatic rings. The molecule has 5 nitrogen and oxygen atoms in total. The molecule has 156 valence electrons. The van der Waals surface area contributed by atoms with Crippen LogP contribution in [-0.2, 0) is 16.4 Å². The molecule has 2 aromatic carbocycles. The number of aliphatic carboxylic acids is 1. The molecule has 1 aliphatic heterocycles. The highest BCUT2D eigenvalue weighted by Crippen LogP contribution is 2.46. The van der Waals surface area contributed by atoms with Crippen molar-refractivity contribution >= 4 is 5.97 Å². The van der Waals surface area contributed by atoms with Gasteiger partial charge in [-0.1, -0.05) is 19.9 Å². The smallest absolute Gasteiger partial charge is 0.416 e. The minimum atomic E-state index is -4.75. The fraction of sp³-hybridized carbons (Fsp3) is 0.316. The van der Waals surface area contributed by atoms with Crippen LogP contribution in [-0.4, -0.2) is 23.8 Å². The molecule has 1 atom stereocenters. The lowest BCUT2D eigenvalue weighted by Gasteiger charge is -2.21. The lowest BCUT2D eigenvalue weighted by Crippen LogP contribution is -2.39. The molecule has 0 saturated heterocycles. The summed E-state index contributed by atoms with van der Waals surface area (Å²) in [5.74, 6) is -2.07. The SMILES string of the molecule is CC1(C)c2ccc(Oc3ccc(C(F)(F)F)cc3OC(F)F)cc2OC1C(=O)O. The largest absolute Gasteiger partial charge is 0.478 e. The first-order chi connectivity index (χ1) is 13.4. The quantitative estimate of drug-likeness (QED) is 0.675. The Balaban J connectivity index is 1.93. The zero-order chi connectivity index (χ0) is 21.6. The molecule has 29 heavy (non-hydrogen) atoms. The number of carboxylic acids is 1. The van der Waals surface area contributed by atoms with Gasteiger partial charge in [0.25, 0.3) is 0 Å². The lowest BCUT2D eigenvalue weighted by molar-refractivity contribution is -0.146. The van der Waals surface area contributed by atoms with E-state index in [0.29, 0.717) is 17.7 Å². The van der Waals surface area contributed by atoms with Crippen molar-refractivity contribution < 1.29 is 46.1 Å². The molecular formula is C19H15F5O5. The summed E-state index contributed by atoms with van der Waals surface area (Å²) in [4.78, 5) is 11.4. The average molecular weight is 418 g/mol. The van der Waals surface area contributed by atoms with Crippen molar-refractivity contribution in [1.82, 2.24) is 0 Å². The van der Waals surface area contributed by atoms with E-state index in [-0.39, 0.29) is 17.2 Å². The summed E-state index contributed by atoms with van der Waals surface area (Å²) in [6.07, 6.45) is -5.89. The van der Waals surface area contributed by atoms with Crippen molar-refractivity contribution in [1.29, 1.82) is 0 Å². The Kier molecular flexibility index (Phi) is 5.06. The van der Waals surface area contributed by atoms with Crippen LogP contribution in [0.15, 0.2) is 36.4 Å². The van der Waals surface area contributed by atoms with Crippen molar-refractivity contribution in [2.75, 3.05) is 0 Å². The van der Waals surface area contributed by atoms with Crippen LogP contribution < -0.4 is 14.2 Å². The van der Waals surface area contributed by atoms with Crippen molar-refractivity contribution in [2.45, 2.75) is 38.2 Å². The zero-order valence-corrected chi connectivity index (χ0v) is 15.1. The first-order valence-electron chi connectivity index (χ1n) is 8.27. The molecule has 3 rings (SSSR count). The first kappa shape index (κ1) is 20.7. The third-order valence-corrected chi connectivity index (χ3v) is 4.49. The highest BCUT2D eigenvalue weighted by Gasteiger charge is 2.46. The minimum absolute atomic E-state index is 0.0458. The molecule has 10 heteroatoms. The summed E-state index contributed by atoms with van der Waals surface area (Å²) in [6.45, 7) is 0.00636. The van der Waals surface area contributed by atoms with E-state index in [9.17, 15) is 31.9 Å². The molecule has 0 bridgehead atoms. The zero-order valence-electron chi connectivity index (χ0n) is 15.1. The molecular weight excluding hydrogens is 403 g/mol. The van der Waals surface area contributed by atoms with Crippen LogP contribution in [0.4, 0.5) is 22.0 Å². The number of ether oxygens (including phenoxy) is 3. The molecule has 0 fully saturated rings. The number of fused-ring (bicyclic) bond motifs is 1. The normalized spacial score (nSPS) is 17.6. The fourth-order valence-corrected chi connectivity index (χ4v) is 3.05. The molecule has 0 aromatic heterocycles. The Morgan fingerprint density at radius 2 is 1.83 bits per heavy atom. The number of halogens is 5. The Bertz CT molecular complexity index is 939. The Morgan fingerprint density at radius 1 is 1.14 bits per heavy atom. The van der Waals surface area contributed by atoms with Crippen molar-refractivity contribution in [3.8, 4) is 23.0 Å². The van der Waals surface area contributed by atoms with Gasteiger partial charge in [0.2, 0.25) is 6.10 Å². The summed E-state index contributed by atoms with van der Waals surface area (Å²) in [6, 6.07) is 6.25. The maximum atomic E-state index is 12.8. The monoisotopic (exact) mass is 418 g/mol. The van der Waals surface area contributed by atoms with Gasteiger partial charge in [-0.3, -0.25) is 0 Å². The molecule has 0 saturated carbocycles. The van der Waals surface area contributed by atoms with E-state index in [0.717, 1.165) is 6.07 Å². The summed E-state index contributed by atoms with van der Waals surface area (Å²) in [5.41, 5.74) is -1.42. The highest BCUT2D eigenvalue weighted by atomic mass is 19.4. The van der Waals surface area contributed by atoms with E-state index in [1.807, 2.05) is 0 Å². The van der Waals surface area contributed by atoms with Crippen LogP contribution in [0.5, 0.6) is 23.0 Å². The highest BCUT2D eigenvalue weighted by molar-refractivity contribution is 5.77. The van der Waals surface area contributed by atoms with Gasteiger partial charge in [0.1, 0.15) is 11.5 Å². The third kappa shape index (κ3) is 4.06. The standard InChI is InChI=1S/C19H15F5O5/c1-18(2)11-5-4-10(8-13(11)28-15(18)16(25)26)27-12-6-3-9(19(22,23)24)7-14(12)29-17(20)21/h3-8,15,17H,1-2H3,(H,25,26). The topological polar surface area (TPSA) is 65.0 Å². The number of hydrogen-bond donors (Lipinski definition) is 1. The Labute approximate surface area is 161 Å². The Morgan fingerprint density at radius 3 is 2.41 bits per heavy atom. The van der Waals surface area contributed by atoms with Crippen LogP contribution in [0.1, 0.15) is 25.0 Å². The fourth-order valence-electron chi connectivity index (χ4n) is 3.05. The predicted octanol–water partition coefficient (Wildman–Crippen LogP) is 5.22. The van der Waals surface area contributed by atoms with Gasteiger partial charge >= 0.3 is 18.8 Å². The van der Waals surface area contributed by atoms with E-state index < -0.39 is 41.6 Å². The van der Waals surface area contributed by atoms with Gasteiger partial charge in [0, 0.05) is 17.0 Å². The first-order valence-corrected chi connectivity index (χ1v) is 8.27. The number of benzene rings is 2. The van der Waals surface area contributed by atoms with Crippen LogP contribution in [0.25, 0.3) is 0 Å². The number of hydrogen-bond acceptors (Lipinski definition) is 4. The van der Waals surface area contributed by atoms with Gasteiger partial charge in [-0.15, -0.1) is 0 Å². The van der Waals surface area contributed by atoms with Crippen LogP contribution >= 0.6 is 0 Å². The molecule has 1 N–H and O–H groups in total. The van der Waals surface area contributed by atoms with Crippen LogP contribution in [0.3, 0.4) is 0 Å². The van der Waals surface area contributed by atoms with Crippen molar-refractivity contribution in [2.24, 2.45) is 0 Å². The number of carboxylic acid groups (broad SMARTS) is 1. The molecule has 0 aliphatic carbocycles. The van der Waals surface area contributed by atoms with Gasteiger partial charge in [-0.25, -0.2) is 4.79 Å². The Hall–Kier alpha value is -3.04. The van der Waals surface area contributed by atoms with Crippen LogP contribution in [0.2, 0.25) is 0 Å². The maximum Gasteiger partial charge on any atom is 0.416 e. The molecule has 1 heterocycles. The second-order valence-electron chi connectivity index (χ2n) is 6.86. The molecule has 1 aliphatic rings. The predicted molar refractivity (Wildman–Crippen MR) is 89.7 cm³/mol. The van der Waals surface area contributed by atoms with Crippen molar-refractivity contribution in [3.63, 3.8) is 0 Å². The summed E-state index contributed by atoms with van der Waals surface area (Å²) < 4.78 is 78.8. The van der Waals surface area contributed by atoms with Gasteiger partial charge in [0.15, 0.2) is 11.5 Å². The second kappa shape index (κ2) is 7.09. The summed E-state index contributed by atoms with van der Waals surface area (Å²) in [7, 11) is 0. The average Bonchev–Trinajstić information content (AvgIpc) is 2.86. The van der Waals surface area contributed by atoms with Gasteiger partial charge in [-0.2, -0.15) is 22.0 Å². The van der Waals surface area contributed by atoms with E-state index in [1.165, 1.54) is 12.1 Å². The second-order valence-corrected chi connectivity index (χ2v) is 6.86. The van der Waals surface area contributed by atoms with E-state index >= 15 is 0 Å². The van der Waals surface area contributed by atoms with Gasteiger partial charge in [0.05, 0.1) is 5.56 Å². The summed E-state index contributed by atoms with van der Waals surface area (Å²) in [5, 5.41) is 9.30. The molecule has 0 radical (unpaired) electrons. The maximum absolute atomic E-state index is 12.8.